The number of rotatable bonds is 5. The lowest BCUT2D eigenvalue weighted by molar-refractivity contribution is -0.125. The molecule has 0 spiro atoms. The van der Waals surface area contributed by atoms with Gasteiger partial charge in [-0.3, -0.25) is 4.79 Å². The highest BCUT2D eigenvalue weighted by Crippen LogP contribution is 2.19. The molecule has 0 atom stereocenters. The molecule has 1 heterocycles. The molecule has 0 aliphatic rings. The van der Waals surface area contributed by atoms with E-state index in [0.29, 0.717) is 23.3 Å². The molecule has 0 bridgehead atoms. The summed E-state index contributed by atoms with van der Waals surface area (Å²) >= 11 is 5.92. The second-order valence-corrected chi connectivity index (χ2v) is 5.58. The van der Waals surface area contributed by atoms with Crippen LogP contribution in [0.4, 0.5) is 5.82 Å². The minimum Gasteiger partial charge on any atom is -0.369 e. The van der Waals surface area contributed by atoms with Gasteiger partial charge in [-0.2, -0.15) is 0 Å². The molecule has 0 unspecified atom stereocenters. The van der Waals surface area contributed by atoms with Crippen LogP contribution in [0.2, 0.25) is 5.15 Å². The zero-order chi connectivity index (χ0) is 13.9. The molecule has 1 rings (SSSR count). The molecular formula is C12H19ClN4O. The van der Waals surface area contributed by atoms with E-state index >= 15 is 0 Å². The fraction of sp³-hybridized carbons (Fsp3) is 0.583. The first kappa shape index (κ1) is 14.7. The van der Waals surface area contributed by atoms with Crippen molar-refractivity contribution in [3.63, 3.8) is 0 Å². The lowest BCUT2D eigenvalue weighted by atomic mass is 9.93. The van der Waals surface area contributed by atoms with E-state index in [4.69, 9.17) is 17.3 Å². The van der Waals surface area contributed by atoms with Crippen molar-refractivity contribution < 1.29 is 4.79 Å². The predicted octanol–water partition coefficient (Wildman–Crippen LogP) is 2.18. The Morgan fingerprint density at radius 2 is 2.11 bits per heavy atom. The quantitative estimate of drug-likeness (QED) is 0.804. The van der Waals surface area contributed by atoms with Gasteiger partial charge in [0.05, 0.1) is 5.41 Å². The molecule has 6 heteroatoms. The Morgan fingerprint density at radius 1 is 1.50 bits per heavy atom. The Hall–Kier alpha value is -1.36. The van der Waals surface area contributed by atoms with Gasteiger partial charge >= 0.3 is 0 Å². The zero-order valence-electron chi connectivity index (χ0n) is 11.1. The van der Waals surface area contributed by atoms with Gasteiger partial charge in [0.15, 0.2) is 0 Å². The lowest BCUT2D eigenvalue weighted by Crippen LogP contribution is -2.37. The van der Waals surface area contributed by atoms with Crippen molar-refractivity contribution in [1.29, 1.82) is 0 Å². The van der Waals surface area contributed by atoms with Crippen molar-refractivity contribution in [1.82, 2.24) is 9.97 Å². The van der Waals surface area contributed by atoms with Crippen molar-refractivity contribution in [2.45, 2.75) is 33.6 Å². The third-order valence-electron chi connectivity index (χ3n) is 2.61. The lowest BCUT2D eigenvalue weighted by Gasteiger charge is -2.21. The Morgan fingerprint density at radius 3 is 2.61 bits per heavy atom. The molecule has 18 heavy (non-hydrogen) atoms. The maximum Gasteiger partial charge on any atom is 0.224 e. The van der Waals surface area contributed by atoms with Gasteiger partial charge in [-0.15, -0.1) is 0 Å². The predicted molar refractivity (Wildman–Crippen MR) is 72.6 cm³/mol. The summed E-state index contributed by atoms with van der Waals surface area (Å²) in [6.07, 6.45) is 0. The number of amides is 1. The fourth-order valence-corrected chi connectivity index (χ4v) is 1.37. The third-order valence-corrected chi connectivity index (χ3v) is 2.80. The minimum absolute atomic E-state index is 0.188. The second kappa shape index (κ2) is 5.52. The molecule has 0 saturated heterocycles. The largest absolute Gasteiger partial charge is 0.369 e. The molecule has 0 aromatic carbocycles. The average molecular weight is 271 g/mol. The van der Waals surface area contributed by atoms with E-state index in [1.54, 1.807) is 19.9 Å². The number of carbonyl (C=O) groups is 1. The van der Waals surface area contributed by atoms with Crippen LogP contribution in [-0.2, 0) is 4.79 Å². The second-order valence-electron chi connectivity index (χ2n) is 5.19. The van der Waals surface area contributed by atoms with Crippen LogP contribution in [0.1, 0.15) is 39.4 Å². The van der Waals surface area contributed by atoms with Crippen molar-refractivity contribution in [2.75, 3.05) is 11.9 Å². The normalized spacial score (nSPS) is 11.7. The van der Waals surface area contributed by atoms with Crippen LogP contribution >= 0.6 is 11.6 Å². The molecule has 1 amide bonds. The smallest absolute Gasteiger partial charge is 0.224 e. The fourth-order valence-electron chi connectivity index (χ4n) is 1.18. The number of primary amides is 1. The summed E-state index contributed by atoms with van der Waals surface area (Å²) in [5.41, 5.74) is 4.66. The molecule has 0 fully saturated rings. The summed E-state index contributed by atoms with van der Waals surface area (Å²) < 4.78 is 0. The van der Waals surface area contributed by atoms with E-state index in [-0.39, 0.29) is 11.8 Å². The number of carbonyl (C=O) groups excluding carboxylic acids is 1. The van der Waals surface area contributed by atoms with E-state index < -0.39 is 5.41 Å². The van der Waals surface area contributed by atoms with Crippen molar-refractivity contribution in [3.05, 3.63) is 17.0 Å². The summed E-state index contributed by atoms with van der Waals surface area (Å²) in [7, 11) is 0. The number of nitrogens with two attached hydrogens (primary N) is 1. The van der Waals surface area contributed by atoms with E-state index in [2.05, 4.69) is 15.3 Å². The number of hydrogen-bond acceptors (Lipinski definition) is 4. The Balaban J connectivity index is 2.82. The summed E-state index contributed by atoms with van der Waals surface area (Å²) in [4.78, 5) is 19.7. The Bertz CT molecular complexity index is 446. The Labute approximate surface area is 112 Å². The van der Waals surface area contributed by atoms with Gasteiger partial charge < -0.3 is 11.1 Å². The first-order chi connectivity index (χ1) is 8.22. The summed E-state index contributed by atoms with van der Waals surface area (Å²) in [5, 5.41) is 3.45. The molecule has 0 saturated carbocycles. The van der Waals surface area contributed by atoms with Crippen LogP contribution < -0.4 is 11.1 Å². The summed E-state index contributed by atoms with van der Waals surface area (Å²) in [6, 6.07) is 1.63. The van der Waals surface area contributed by atoms with E-state index in [1.165, 1.54) is 0 Å². The maximum absolute atomic E-state index is 11.2. The summed E-state index contributed by atoms with van der Waals surface area (Å²) in [6.45, 7) is 7.92. The molecule has 3 N–H and O–H groups in total. The van der Waals surface area contributed by atoms with Crippen LogP contribution in [0.3, 0.4) is 0 Å². The monoisotopic (exact) mass is 270 g/mol. The van der Waals surface area contributed by atoms with Gasteiger partial charge in [-0.05, 0) is 13.8 Å². The van der Waals surface area contributed by atoms with Gasteiger partial charge in [0.25, 0.3) is 0 Å². The number of anilines is 1. The molecular weight excluding hydrogens is 252 g/mol. The maximum atomic E-state index is 11.2. The first-order valence-corrected chi connectivity index (χ1v) is 6.18. The van der Waals surface area contributed by atoms with Crippen molar-refractivity contribution in [3.8, 4) is 0 Å². The van der Waals surface area contributed by atoms with Crippen LogP contribution in [0.5, 0.6) is 0 Å². The van der Waals surface area contributed by atoms with Gasteiger partial charge in [0.1, 0.15) is 16.8 Å². The van der Waals surface area contributed by atoms with Crippen LogP contribution in [0, 0.1) is 5.41 Å². The number of aromatic nitrogens is 2. The van der Waals surface area contributed by atoms with Gasteiger partial charge in [0.2, 0.25) is 5.91 Å². The zero-order valence-corrected chi connectivity index (χ0v) is 11.9. The Kier molecular flexibility index (Phi) is 4.51. The standard InChI is InChI=1S/C12H19ClN4O/c1-7(2)10-16-8(13)5-9(17-10)15-6-12(3,4)11(14)18/h5,7H,6H2,1-4H3,(H2,14,18)(H,15,16,17). The van der Waals surface area contributed by atoms with Crippen LogP contribution in [-0.4, -0.2) is 22.4 Å². The number of nitrogens with one attached hydrogen (secondary N) is 1. The minimum atomic E-state index is -0.643. The van der Waals surface area contributed by atoms with Gasteiger partial charge in [0, 0.05) is 18.5 Å². The summed E-state index contributed by atoms with van der Waals surface area (Å²) in [5.74, 6) is 1.10. The van der Waals surface area contributed by atoms with Crippen LogP contribution in [0.15, 0.2) is 6.07 Å². The number of hydrogen-bond donors (Lipinski definition) is 2. The third kappa shape index (κ3) is 3.84. The molecule has 0 aliphatic heterocycles. The van der Waals surface area contributed by atoms with E-state index in [9.17, 15) is 4.79 Å². The topological polar surface area (TPSA) is 80.9 Å². The SMILES string of the molecule is CC(C)c1nc(Cl)cc(NCC(C)(C)C(N)=O)n1. The average Bonchev–Trinajstić information content (AvgIpc) is 2.25. The first-order valence-electron chi connectivity index (χ1n) is 5.80. The molecule has 1 aromatic rings. The number of nitrogens with zero attached hydrogens (tertiary/aromatic N) is 2. The molecule has 100 valence electrons. The van der Waals surface area contributed by atoms with E-state index in [1.807, 2.05) is 13.8 Å². The molecule has 0 radical (unpaired) electrons. The molecule has 5 nitrogen and oxygen atoms in total. The van der Waals surface area contributed by atoms with Crippen LogP contribution in [0.25, 0.3) is 0 Å². The molecule has 1 aromatic heterocycles. The van der Waals surface area contributed by atoms with Gasteiger partial charge in [-0.1, -0.05) is 25.4 Å². The number of halogens is 1. The highest BCUT2D eigenvalue weighted by Gasteiger charge is 2.24. The van der Waals surface area contributed by atoms with Crippen molar-refractivity contribution >= 4 is 23.3 Å². The van der Waals surface area contributed by atoms with Crippen molar-refractivity contribution in [2.24, 2.45) is 11.1 Å². The van der Waals surface area contributed by atoms with E-state index in [0.717, 1.165) is 0 Å². The highest BCUT2D eigenvalue weighted by atomic mass is 35.5. The molecule has 0 aliphatic carbocycles. The highest BCUT2D eigenvalue weighted by molar-refractivity contribution is 6.29. The van der Waals surface area contributed by atoms with Gasteiger partial charge in [-0.25, -0.2) is 9.97 Å².